The second-order valence-corrected chi connectivity index (χ2v) is 9.39. The molecule has 6 N–H and O–H groups in total. The summed E-state index contributed by atoms with van der Waals surface area (Å²) in [7, 11) is 0. The normalized spacial score (nSPS) is 11.7. The highest BCUT2D eigenvalue weighted by Crippen LogP contribution is 2.37. The highest BCUT2D eigenvalue weighted by atomic mass is 19.1. The van der Waals surface area contributed by atoms with Crippen molar-refractivity contribution in [2.24, 2.45) is 5.73 Å². The average molecular weight is 545 g/mol. The number of hydrogen-bond donors (Lipinski definition) is 5. The number of para-hydroxylation sites is 1. The lowest BCUT2D eigenvalue weighted by Crippen LogP contribution is -2.18. The van der Waals surface area contributed by atoms with Crippen molar-refractivity contribution in [1.29, 1.82) is 5.41 Å². The van der Waals surface area contributed by atoms with Crippen LogP contribution in [-0.4, -0.2) is 34.4 Å². The fourth-order valence-corrected chi connectivity index (χ4v) is 4.23. The van der Waals surface area contributed by atoms with Crippen molar-refractivity contribution in [3.63, 3.8) is 0 Å². The van der Waals surface area contributed by atoms with Gasteiger partial charge in [-0.25, -0.2) is 9.37 Å². The molecule has 3 aromatic carbocycles. The zero-order valence-corrected chi connectivity index (χ0v) is 22.8. The number of anilines is 2. The smallest absolute Gasteiger partial charge is 0.221 e. The lowest BCUT2D eigenvalue weighted by atomic mass is 10.0. The molecule has 1 amide bonds. The van der Waals surface area contributed by atoms with Gasteiger partial charge in [-0.3, -0.25) is 10.2 Å². The van der Waals surface area contributed by atoms with Crippen molar-refractivity contribution >= 4 is 23.1 Å². The third kappa shape index (κ3) is 6.58. The Bertz CT molecular complexity index is 1500. The summed E-state index contributed by atoms with van der Waals surface area (Å²) in [5.41, 5.74) is 8.97. The Morgan fingerprint density at radius 3 is 2.52 bits per heavy atom. The zero-order chi connectivity index (χ0) is 28.8. The number of benzene rings is 3. The fourth-order valence-electron chi connectivity index (χ4n) is 4.23. The van der Waals surface area contributed by atoms with Gasteiger partial charge in [-0.15, -0.1) is 0 Å². The third-order valence-corrected chi connectivity index (χ3v) is 5.92. The minimum atomic E-state index is -0.792. The van der Waals surface area contributed by atoms with Gasteiger partial charge in [0.05, 0.1) is 24.1 Å². The van der Waals surface area contributed by atoms with Gasteiger partial charge in [0.1, 0.15) is 23.5 Å². The first-order valence-corrected chi connectivity index (χ1v) is 12.9. The highest BCUT2D eigenvalue weighted by Gasteiger charge is 2.26. The molecule has 9 nitrogen and oxygen atoms in total. The first-order chi connectivity index (χ1) is 19.2. The molecular formula is C30H33FN6O3. The molecule has 1 unspecified atom stereocenters. The van der Waals surface area contributed by atoms with Crippen LogP contribution in [0.15, 0.2) is 66.9 Å². The summed E-state index contributed by atoms with van der Waals surface area (Å²) < 4.78 is 27.6. The molecule has 0 saturated carbocycles. The number of rotatable bonds is 11. The van der Waals surface area contributed by atoms with E-state index in [4.69, 9.17) is 25.6 Å². The zero-order valence-electron chi connectivity index (χ0n) is 22.8. The minimum Gasteiger partial charge on any atom is -0.494 e. The molecule has 0 saturated heterocycles. The van der Waals surface area contributed by atoms with Crippen LogP contribution in [0.4, 0.5) is 15.8 Å². The SMILES string of the molecule is CCOc1cc(OC(C)C)c(F)c(C(Nc2ccc(C(=N)N)cc2)c2nc(-c3ccccc3NC(C)=O)c[nH]2)c1. The first kappa shape index (κ1) is 28.2. The van der Waals surface area contributed by atoms with E-state index in [0.717, 1.165) is 0 Å². The summed E-state index contributed by atoms with van der Waals surface area (Å²) in [6.45, 7) is 7.33. The lowest BCUT2D eigenvalue weighted by molar-refractivity contribution is -0.114. The number of nitrogens with zero attached hydrogens (tertiary/aromatic N) is 1. The minimum absolute atomic E-state index is 0.0532. The van der Waals surface area contributed by atoms with Crippen LogP contribution in [0.5, 0.6) is 11.5 Å². The van der Waals surface area contributed by atoms with E-state index in [1.54, 1.807) is 42.6 Å². The Morgan fingerprint density at radius 2 is 1.88 bits per heavy atom. The van der Waals surface area contributed by atoms with Crippen LogP contribution in [0.1, 0.15) is 50.7 Å². The summed E-state index contributed by atoms with van der Waals surface area (Å²) in [6, 6.07) is 16.6. The number of imidazole rings is 1. The molecule has 4 aromatic rings. The number of nitrogen functional groups attached to an aromatic ring is 1. The molecule has 0 fully saturated rings. The van der Waals surface area contributed by atoms with Crippen molar-refractivity contribution in [1.82, 2.24) is 9.97 Å². The van der Waals surface area contributed by atoms with Crippen LogP contribution < -0.4 is 25.8 Å². The highest BCUT2D eigenvalue weighted by molar-refractivity contribution is 5.95. The van der Waals surface area contributed by atoms with Gasteiger partial charge in [0.25, 0.3) is 0 Å². The molecule has 1 atom stereocenters. The van der Waals surface area contributed by atoms with Gasteiger partial charge in [0, 0.05) is 41.6 Å². The van der Waals surface area contributed by atoms with Crippen LogP contribution in [-0.2, 0) is 4.79 Å². The Kier molecular flexibility index (Phi) is 8.68. The molecule has 0 aliphatic carbocycles. The van der Waals surface area contributed by atoms with Crippen LogP contribution in [0.25, 0.3) is 11.3 Å². The summed E-state index contributed by atoms with van der Waals surface area (Å²) in [4.78, 5) is 19.7. The second-order valence-electron chi connectivity index (χ2n) is 9.39. The van der Waals surface area contributed by atoms with Crippen molar-refractivity contribution in [3.8, 4) is 22.8 Å². The monoisotopic (exact) mass is 544 g/mol. The molecule has 0 bridgehead atoms. The fraction of sp³-hybridized carbons (Fsp3) is 0.233. The number of H-pyrrole nitrogens is 1. The molecular weight excluding hydrogens is 511 g/mol. The Balaban J connectivity index is 1.83. The van der Waals surface area contributed by atoms with Crippen LogP contribution in [0.2, 0.25) is 0 Å². The maximum atomic E-state index is 16.0. The first-order valence-electron chi connectivity index (χ1n) is 12.9. The molecule has 40 heavy (non-hydrogen) atoms. The molecule has 1 aromatic heterocycles. The molecule has 208 valence electrons. The van der Waals surface area contributed by atoms with Crippen molar-refractivity contribution in [2.45, 2.75) is 39.8 Å². The van der Waals surface area contributed by atoms with Crippen LogP contribution >= 0.6 is 0 Å². The predicted octanol–water partition coefficient (Wildman–Crippen LogP) is 5.85. The predicted molar refractivity (Wildman–Crippen MR) is 155 cm³/mol. The summed E-state index contributed by atoms with van der Waals surface area (Å²) >= 11 is 0. The van der Waals surface area contributed by atoms with E-state index in [-0.39, 0.29) is 29.2 Å². The molecule has 10 heteroatoms. The number of hydrogen-bond acceptors (Lipinski definition) is 6. The van der Waals surface area contributed by atoms with E-state index >= 15 is 4.39 Å². The van der Waals surface area contributed by atoms with E-state index in [0.29, 0.717) is 46.4 Å². The number of amides is 1. The largest absolute Gasteiger partial charge is 0.494 e. The molecule has 0 radical (unpaired) electrons. The Labute approximate surface area is 232 Å². The standard InChI is InChI=1S/C30H33FN6O3/c1-5-39-21-14-23(27(31)26(15-21)40-17(2)3)28(36-20-12-10-19(11-13-20)29(32)33)30-34-16-25(37-30)22-8-6-7-9-24(22)35-18(4)38/h6-17,28,36H,5H2,1-4H3,(H3,32,33)(H,34,37)(H,35,38). The number of aromatic amines is 1. The number of nitrogens with one attached hydrogen (secondary N) is 4. The Morgan fingerprint density at radius 1 is 1.15 bits per heavy atom. The van der Waals surface area contributed by atoms with Crippen molar-refractivity contribution < 1.29 is 18.7 Å². The van der Waals surface area contributed by atoms with Crippen molar-refractivity contribution in [3.05, 3.63) is 89.6 Å². The van der Waals surface area contributed by atoms with E-state index < -0.39 is 11.9 Å². The number of ether oxygens (including phenoxy) is 2. The molecule has 4 rings (SSSR count). The van der Waals surface area contributed by atoms with E-state index in [9.17, 15) is 4.79 Å². The van der Waals surface area contributed by atoms with E-state index in [1.165, 1.54) is 13.0 Å². The van der Waals surface area contributed by atoms with Crippen LogP contribution in [0, 0.1) is 11.2 Å². The Hall–Kier alpha value is -4.86. The number of nitrogens with two attached hydrogens (primary N) is 1. The number of amidine groups is 1. The van der Waals surface area contributed by atoms with Gasteiger partial charge in [-0.05, 0) is 57.2 Å². The number of halogens is 1. The molecule has 0 aliphatic heterocycles. The molecule has 0 aliphatic rings. The van der Waals surface area contributed by atoms with Gasteiger partial charge in [0.15, 0.2) is 11.6 Å². The second kappa shape index (κ2) is 12.3. The molecule has 0 spiro atoms. The summed E-state index contributed by atoms with van der Waals surface area (Å²) in [6.07, 6.45) is 1.45. The van der Waals surface area contributed by atoms with Crippen LogP contribution in [0.3, 0.4) is 0 Å². The molecule has 1 heterocycles. The van der Waals surface area contributed by atoms with Gasteiger partial charge >= 0.3 is 0 Å². The lowest BCUT2D eigenvalue weighted by Gasteiger charge is -2.22. The maximum absolute atomic E-state index is 16.0. The van der Waals surface area contributed by atoms with E-state index in [1.807, 2.05) is 39.0 Å². The topological polar surface area (TPSA) is 138 Å². The maximum Gasteiger partial charge on any atom is 0.221 e. The van der Waals surface area contributed by atoms with Gasteiger partial charge in [-0.2, -0.15) is 0 Å². The number of carbonyl (C=O) groups excluding carboxylic acids is 1. The van der Waals surface area contributed by atoms with Gasteiger partial charge < -0.3 is 30.8 Å². The summed E-state index contributed by atoms with van der Waals surface area (Å²) in [5.74, 6) is 0.137. The van der Waals surface area contributed by atoms with Gasteiger partial charge in [0.2, 0.25) is 5.91 Å². The number of carbonyl (C=O) groups is 1. The number of aromatic nitrogens is 2. The average Bonchev–Trinajstić information content (AvgIpc) is 3.39. The van der Waals surface area contributed by atoms with E-state index in [2.05, 4.69) is 15.6 Å². The van der Waals surface area contributed by atoms with Gasteiger partial charge in [-0.1, -0.05) is 18.2 Å². The third-order valence-electron chi connectivity index (χ3n) is 5.92. The van der Waals surface area contributed by atoms with Crippen molar-refractivity contribution in [2.75, 3.05) is 17.2 Å². The quantitative estimate of drug-likeness (QED) is 0.119. The summed E-state index contributed by atoms with van der Waals surface area (Å²) in [5, 5.41) is 13.8.